The minimum Gasteiger partial charge on any atom is -0.461 e. The zero-order chi connectivity index (χ0) is 13.0. The van der Waals surface area contributed by atoms with E-state index >= 15 is 0 Å². The third kappa shape index (κ3) is 3.98. The molecule has 100 valence electrons. The molecule has 0 saturated heterocycles. The van der Waals surface area contributed by atoms with Crippen LogP contribution in [-0.4, -0.2) is 18.1 Å². The van der Waals surface area contributed by atoms with E-state index in [0.717, 1.165) is 12.8 Å². The summed E-state index contributed by atoms with van der Waals surface area (Å²) in [6.45, 7) is 8.56. The first-order valence-electron chi connectivity index (χ1n) is 6.91. The molecule has 0 aromatic rings. The van der Waals surface area contributed by atoms with Gasteiger partial charge in [0.1, 0.15) is 12.1 Å². The maximum Gasteiger partial charge on any atom is 0.323 e. The highest BCUT2D eigenvalue weighted by molar-refractivity contribution is 5.75. The van der Waals surface area contributed by atoms with Crippen molar-refractivity contribution in [3.05, 3.63) is 0 Å². The van der Waals surface area contributed by atoms with Gasteiger partial charge >= 0.3 is 5.97 Å². The fraction of sp³-hybridized carbons (Fsp3) is 0.929. The van der Waals surface area contributed by atoms with E-state index < -0.39 is 6.04 Å². The summed E-state index contributed by atoms with van der Waals surface area (Å²) in [7, 11) is 0. The average Bonchev–Trinajstić information content (AvgIpc) is 2.27. The summed E-state index contributed by atoms with van der Waals surface area (Å²) in [4.78, 5) is 11.8. The summed E-state index contributed by atoms with van der Waals surface area (Å²) < 4.78 is 5.62. The standard InChI is InChI=1S/C14H27NO2/c1-5-12(15)14(16)17-13-8-10(4)6-7-11(13)9(2)3/h9-13H,5-8,15H2,1-4H3/t10?,11?,12-,13?/m0/s1. The Morgan fingerprint density at radius 1 is 1.41 bits per heavy atom. The van der Waals surface area contributed by atoms with Crippen LogP contribution < -0.4 is 5.73 Å². The highest BCUT2D eigenvalue weighted by atomic mass is 16.5. The maximum atomic E-state index is 11.8. The number of carbonyl (C=O) groups is 1. The number of ether oxygens (including phenoxy) is 1. The first-order valence-corrected chi connectivity index (χ1v) is 6.91. The van der Waals surface area contributed by atoms with Crippen molar-refractivity contribution in [2.75, 3.05) is 0 Å². The van der Waals surface area contributed by atoms with E-state index in [9.17, 15) is 4.79 Å². The number of nitrogens with two attached hydrogens (primary N) is 1. The van der Waals surface area contributed by atoms with E-state index in [1.54, 1.807) is 0 Å². The molecule has 3 heteroatoms. The van der Waals surface area contributed by atoms with Crippen molar-refractivity contribution in [3.63, 3.8) is 0 Å². The highest BCUT2D eigenvalue weighted by Gasteiger charge is 2.34. The molecular formula is C14H27NO2. The Labute approximate surface area is 105 Å². The Kier molecular flexibility index (Phi) is 5.44. The molecule has 0 bridgehead atoms. The van der Waals surface area contributed by atoms with Crippen LogP contribution in [0.3, 0.4) is 0 Å². The molecule has 0 spiro atoms. The lowest BCUT2D eigenvalue weighted by molar-refractivity contribution is -0.157. The Bertz CT molecular complexity index is 253. The molecule has 17 heavy (non-hydrogen) atoms. The van der Waals surface area contributed by atoms with Crippen molar-refractivity contribution in [1.29, 1.82) is 0 Å². The molecular weight excluding hydrogens is 214 g/mol. The summed E-state index contributed by atoms with van der Waals surface area (Å²) in [6, 6.07) is -0.458. The molecule has 1 aliphatic carbocycles. The van der Waals surface area contributed by atoms with Gasteiger partial charge in [0, 0.05) is 0 Å². The quantitative estimate of drug-likeness (QED) is 0.770. The van der Waals surface area contributed by atoms with Crippen molar-refractivity contribution in [1.82, 2.24) is 0 Å². The third-order valence-corrected chi connectivity index (χ3v) is 3.97. The lowest BCUT2D eigenvalue weighted by Crippen LogP contribution is -2.40. The van der Waals surface area contributed by atoms with Crippen LogP contribution in [0.1, 0.15) is 53.4 Å². The van der Waals surface area contributed by atoms with Gasteiger partial charge in [-0.05, 0) is 37.0 Å². The molecule has 2 N–H and O–H groups in total. The van der Waals surface area contributed by atoms with Crippen LogP contribution in [0.5, 0.6) is 0 Å². The van der Waals surface area contributed by atoms with E-state index in [2.05, 4.69) is 20.8 Å². The Morgan fingerprint density at radius 2 is 2.06 bits per heavy atom. The van der Waals surface area contributed by atoms with E-state index in [0.29, 0.717) is 24.2 Å². The van der Waals surface area contributed by atoms with E-state index in [-0.39, 0.29) is 12.1 Å². The second-order valence-corrected chi connectivity index (χ2v) is 5.82. The van der Waals surface area contributed by atoms with Crippen LogP contribution in [0.25, 0.3) is 0 Å². The number of hydrogen-bond donors (Lipinski definition) is 1. The van der Waals surface area contributed by atoms with Gasteiger partial charge in [-0.2, -0.15) is 0 Å². The number of esters is 1. The molecule has 0 heterocycles. The van der Waals surface area contributed by atoms with Crippen molar-refractivity contribution in [2.45, 2.75) is 65.5 Å². The zero-order valence-electron chi connectivity index (χ0n) is 11.6. The minimum atomic E-state index is -0.458. The normalized spacial score (nSPS) is 31.3. The molecule has 0 aliphatic heterocycles. The molecule has 3 nitrogen and oxygen atoms in total. The second kappa shape index (κ2) is 6.39. The molecule has 0 radical (unpaired) electrons. The molecule has 0 aromatic heterocycles. The van der Waals surface area contributed by atoms with Crippen molar-refractivity contribution in [2.24, 2.45) is 23.5 Å². The van der Waals surface area contributed by atoms with Gasteiger partial charge in [0.15, 0.2) is 0 Å². The van der Waals surface area contributed by atoms with E-state index in [1.807, 2.05) is 6.92 Å². The van der Waals surface area contributed by atoms with Crippen LogP contribution in [0.2, 0.25) is 0 Å². The van der Waals surface area contributed by atoms with Crippen molar-refractivity contribution in [3.8, 4) is 0 Å². The van der Waals surface area contributed by atoms with Crippen molar-refractivity contribution >= 4 is 5.97 Å². The van der Waals surface area contributed by atoms with Gasteiger partial charge in [0.05, 0.1) is 0 Å². The summed E-state index contributed by atoms with van der Waals surface area (Å²) >= 11 is 0. The highest BCUT2D eigenvalue weighted by Crippen LogP contribution is 2.35. The minimum absolute atomic E-state index is 0.0730. The van der Waals surface area contributed by atoms with Crippen LogP contribution in [0.15, 0.2) is 0 Å². The molecule has 3 unspecified atom stereocenters. The van der Waals surface area contributed by atoms with Crippen LogP contribution in [0.4, 0.5) is 0 Å². The van der Waals surface area contributed by atoms with Gasteiger partial charge in [-0.3, -0.25) is 4.79 Å². The van der Waals surface area contributed by atoms with Gasteiger partial charge in [-0.15, -0.1) is 0 Å². The first-order chi connectivity index (χ1) is 7.95. The fourth-order valence-electron chi connectivity index (χ4n) is 2.65. The summed E-state index contributed by atoms with van der Waals surface area (Å²) in [5.74, 6) is 1.50. The number of carbonyl (C=O) groups excluding carboxylic acids is 1. The summed E-state index contributed by atoms with van der Waals surface area (Å²) in [5.41, 5.74) is 5.72. The number of hydrogen-bond acceptors (Lipinski definition) is 3. The molecule has 1 saturated carbocycles. The maximum absolute atomic E-state index is 11.8. The van der Waals surface area contributed by atoms with Gasteiger partial charge in [-0.25, -0.2) is 0 Å². The topological polar surface area (TPSA) is 52.3 Å². The zero-order valence-corrected chi connectivity index (χ0v) is 11.6. The Hall–Kier alpha value is -0.570. The molecule has 0 aromatic carbocycles. The molecule has 1 fully saturated rings. The van der Waals surface area contributed by atoms with Gasteiger partial charge in [-0.1, -0.05) is 34.1 Å². The Morgan fingerprint density at radius 3 is 2.59 bits per heavy atom. The summed E-state index contributed by atoms with van der Waals surface area (Å²) in [5, 5.41) is 0. The van der Waals surface area contributed by atoms with Crippen LogP contribution in [0, 0.1) is 17.8 Å². The van der Waals surface area contributed by atoms with Gasteiger partial charge in [0.25, 0.3) is 0 Å². The van der Waals surface area contributed by atoms with Gasteiger partial charge < -0.3 is 10.5 Å². The van der Waals surface area contributed by atoms with E-state index in [4.69, 9.17) is 10.5 Å². The molecule has 4 atom stereocenters. The summed E-state index contributed by atoms with van der Waals surface area (Å²) in [6.07, 6.45) is 4.12. The first kappa shape index (κ1) is 14.5. The van der Waals surface area contributed by atoms with Crippen LogP contribution >= 0.6 is 0 Å². The largest absolute Gasteiger partial charge is 0.461 e. The van der Waals surface area contributed by atoms with Crippen molar-refractivity contribution < 1.29 is 9.53 Å². The second-order valence-electron chi connectivity index (χ2n) is 5.82. The monoisotopic (exact) mass is 241 g/mol. The predicted molar refractivity (Wildman–Crippen MR) is 69.5 cm³/mol. The lowest BCUT2D eigenvalue weighted by Gasteiger charge is -2.37. The Balaban J connectivity index is 2.60. The van der Waals surface area contributed by atoms with Gasteiger partial charge in [0.2, 0.25) is 0 Å². The molecule has 1 rings (SSSR count). The van der Waals surface area contributed by atoms with Crippen LogP contribution in [-0.2, 0) is 9.53 Å². The smallest absolute Gasteiger partial charge is 0.323 e. The SMILES string of the molecule is CC[C@H](N)C(=O)OC1CC(C)CCC1C(C)C. The fourth-order valence-corrected chi connectivity index (χ4v) is 2.65. The van der Waals surface area contributed by atoms with E-state index in [1.165, 1.54) is 6.42 Å². The number of rotatable bonds is 4. The average molecular weight is 241 g/mol. The third-order valence-electron chi connectivity index (χ3n) is 3.97. The lowest BCUT2D eigenvalue weighted by atomic mass is 9.75. The predicted octanol–water partition coefficient (Wildman–Crippen LogP) is 2.73. The molecule has 0 amide bonds. The molecule has 1 aliphatic rings.